The Hall–Kier alpha value is -3.44. The molecule has 1 aromatic heterocycles. The van der Waals surface area contributed by atoms with Crippen LogP contribution in [0, 0.1) is 5.82 Å². The average molecular weight is 452 g/mol. The second-order valence-corrected chi connectivity index (χ2v) is 7.53. The van der Waals surface area contributed by atoms with Gasteiger partial charge in [0.25, 0.3) is 5.91 Å². The molecule has 32 heavy (non-hydrogen) atoms. The maximum atomic E-state index is 14.5. The maximum absolute atomic E-state index is 14.5. The van der Waals surface area contributed by atoms with Crippen LogP contribution in [0.3, 0.4) is 0 Å². The first-order valence-electron chi connectivity index (χ1n) is 9.95. The summed E-state index contributed by atoms with van der Waals surface area (Å²) in [4.78, 5) is 35.9. The SMILES string of the molecule is O=C(NCC(F)(F)F)[C@H]1CC=CN1c1nc(C2C=C(C(=O)N3CC=CC3)NC2)ncc1F. The number of carbonyl (C=O) groups excluding carboxylic acids is 2. The van der Waals surface area contributed by atoms with E-state index in [0.29, 0.717) is 25.3 Å². The highest BCUT2D eigenvalue weighted by atomic mass is 19.4. The van der Waals surface area contributed by atoms with Crippen LogP contribution in [0.5, 0.6) is 0 Å². The van der Waals surface area contributed by atoms with E-state index < -0.39 is 36.4 Å². The van der Waals surface area contributed by atoms with Gasteiger partial charge in [0.05, 0.1) is 17.8 Å². The van der Waals surface area contributed by atoms with Gasteiger partial charge in [-0.1, -0.05) is 18.2 Å². The van der Waals surface area contributed by atoms with Crippen molar-refractivity contribution in [1.82, 2.24) is 25.5 Å². The molecule has 0 spiro atoms. The zero-order chi connectivity index (χ0) is 22.9. The van der Waals surface area contributed by atoms with Gasteiger partial charge in [0.2, 0.25) is 5.91 Å². The molecule has 2 atom stereocenters. The molecule has 0 aromatic carbocycles. The molecule has 8 nitrogen and oxygen atoms in total. The number of hydrogen-bond donors (Lipinski definition) is 2. The quantitative estimate of drug-likeness (QED) is 0.518. The van der Waals surface area contributed by atoms with E-state index in [4.69, 9.17) is 0 Å². The number of nitrogens with zero attached hydrogens (tertiary/aromatic N) is 4. The smallest absolute Gasteiger partial charge is 0.380 e. The van der Waals surface area contributed by atoms with Gasteiger partial charge in [0, 0.05) is 25.8 Å². The van der Waals surface area contributed by atoms with Crippen molar-refractivity contribution in [3.05, 3.63) is 54.0 Å². The summed E-state index contributed by atoms with van der Waals surface area (Å²) in [6, 6.07) is -1.06. The molecule has 4 heterocycles. The minimum atomic E-state index is -4.55. The van der Waals surface area contributed by atoms with Gasteiger partial charge < -0.3 is 20.4 Å². The lowest BCUT2D eigenvalue weighted by Gasteiger charge is -2.25. The van der Waals surface area contributed by atoms with Crippen molar-refractivity contribution >= 4 is 17.6 Å². The normalized spacial score (nSPS) is 22.3. The van der Waals surface area contributed by atoms with Crippen LogP contribution in [0.1, 0.15) is 18.2 Å². The standard InChI is InChI=1S/C20H20F4N6O2/c21-13-10-26-16(12-8-14(25-9-12)19(32)29-5-1-2-6-29)28-17(13)30-7-3-4-15(30)18(31)27-11-20(22,23)24/h1-3,7-8,10,12,15,25H,4-6,9,11H2,(H,27,31)/t12?,15-/m1/s1. The van der Waals surface area contributed by atoms with Crippen molar-refractivity contribution < 1.29 is 27.2 Å². The third-order valence-electron chi connectivity index (χ3n) is 5.26. The summed E-state index contributed by atoms with van der Waals surface area (Å²) >= 11 is 0. The molecule has 1 unspecified atom stereocenters. The highest BCUT2D eigenvalue weighted by Crippen LogP contribution is 2.28. The Kier molecular flexibility index (Phi) is 5.85. The Balaban J connectivity index is 1.51. The Morgan fingerprint density at radius 3 is 2.69 bits per heavy atom. The van der Waals surface area contributed by atoms with Gasteiger partial charge in [0.1, 0.15) is 18.4 Å². The minimum absolute atomic E-state index is 0.107. The lowest BCUT2D eigenvalue weighted by Crippen LogP contribution is -2.46. The molecular weight excluding hydrogens is 432 g/mol. The molecule has 3 aliphatic heterocycles. The second-order valence-electron chi connectivity index (χ2n) is 7.53. The Bertz CT molecular complexity index is 998. The molecule has 1 aromatic rings. The zero-order valence-corrected chi connectivity index (χ0v) is 16.8. The number of amides is 2. The van der Waals surface area contributed by atoms with Gasteiger partial charge in [0.15, 0.2) is 11.6 Å². The van der Waals surface area contributed by atoms with Crippen molar-refractivity contribution in [1.29, 1.82) is 0 Å². The summed E-state index contributed by atoms with van der Waals surface area (Å²) in [5.41, 5.74) is 0.402. The highest BCUT2D eigenvalue weighted by molar-refractivity contribution is 5.94. The van der Waals surface area contributed by atoms with Crippen molar-refractivity contribution in [2.45, 2.75) is 24.6 Å². The van der Waals surface area contributed by atoms with Crippen LogP contribution >= 0.6 is 0 Å². The van der Waals surface area contributed by atoms with Crippen LogP contribution in [-0.2, 0) is 9.59 Å². The molecule has 0 aliphatic carbocycles. The average Bonchev–Trinajstić information content (AvgIpc) is 3.52. The van der Waals surface area contributed by atoms with Gasteiger partial charge >= 0.3 is 6.18 Å². The molecule has 12 heteroatoms. The summed E-state index contributed by atoms with van der Waals surface area (Å²) in [6.45, 7) is -0.0914. The summed E-state index contributed by atoms with van der Waals surface area (Å²) < 4.78 is 51.8. The summed E-state index contributed by atoms with van der Waals surface area (Å²) in [5.74, 6) is -2.26. The molecule has 2 amide bonds. The van der Waals surface area contributed by atoms with E-state index in [0.717, 1.165) is 6.20 Å². The van der Waals surface area contributed by atoms with Gasteiger partial charge in [-0.15, -0.1) is 0 Å². The van der Waals surface area contributed by atoms with Gasteiger partial charge in [-0.05, 0) is 12.5 Å². The van der Waals surface area contributed by atoms with Crippen LogP contribution in [0.25, 0.3) is 0 Å². The van der Waals surface area contributed by atoms with Crippen LogP contribution in [-0.4, -0.2) is 65.1 Å². The minimum Gasteiger partial charge on any atom is -0.380 e. The monoisotopic (exact) mass is 452 g/mol. The van der Waals surface area contributed by atoms with E-state index in [1.54, 1.807) is 17.1 Å². The molecule has 0 saturated heterocycles. The lowest BCUT2D eigenvalue weighted by molar-refractivity contribution is -0.139. The maximum Gasteiger partial charge on any atom is 0.405 e. The Morgan fingerprint density at radius 1 is 1.22 bits per heavy atom. The molecule has 0 saturated carbocycles. The van der Waals surface area contributed by atoms with Gasteiger partial charge in [-0.2, -0.15) is 13.2 Å². The first-order chi connectivity index (χ1) is 15.2. The number of alkyl halides is 3. The van der Waals surface area contributed by atoms with Crippen LogP contribution in [0.2, 0.25) is 0 Å². The molecule has 0 bridgehead atoms. The van der Waals surface area contributed by atoms with E-state index in [2.05, 4.69) is 15.3 Å². The second kappa shape index (κ2) is 8.60. The Morgan fingerprint density at radius 2 is 1.97 bits per heavy atom. The van der Waals surface area contributed by atoms with Crippen LogP contribution < -0.4 is 15.5 Å². The number of anilines is 1. The Labute approximate surface area is 180 Å². The number of carbonyl (C=O) groups is 2. The number of halogens is 4. The van der Waals surface area contributed by atoms with Crippen molar-refractivity contribution in [3.63, 3.8) is 0 Å². The van der Waals surface area contributed by atoms with E-state index in [9.17, 15) is 27.2 Å². The van der Waals surface area contributed by atoms with Gasteiger partial charge in [-0.25, -0.2) is 14.4 Å². The van der Waals surface area contributed by atoms with E-state index in [-0.39, 0.29) is 24.0 Å². The molecule has 170 valence electrons. The summed E-state index contributed by atoms with van der Waals surface area (Å²) in [7, 11) is 0. The van der Waals surface area contributed by atoms with E-state index in [1.165, 1.54) is 11.1 Å². The topological polar surface area (TPSA) is 90.5 Å². The number of hydrogen-bond acceptors (Lipinski definition) is 6. The predicted molar refractivity (Wildman–Crippen MR) is 106 cm³/mol. The third-order valence-corrected chi connectivity index (χ3v) is 5.26. The fourth-order valence-corrected chi connectivity index (χ4v) is 3.67. The van der Waals surface area contributed by atoms with E-state index >= 15 is 0 Å². The molecule has 0 fully saturated rings. The number of aromatic nitrogens is 2. The largest absolute Gasteiger partial charge is 0.405 e. The summed E-state index contributed by atoms with van der Waals surface area (Å²) in [5, 5.41) is 4.83. The first kappa shape index (κ1) is 21.8. The molecular formula is C20H20F4N6O2. The number of nitrogens with one attached hydrogen (secondary N) is 2. The number of rotatable bonds is 5. The van der Waals surface area contributed by atoms with Gasteiger partial charge in [-0.3, -0.25) is 9.59 Å². The summed E-state index contributed by atoms with van der Waals surface area (Å²) in [6.07, 6.45) is 4.92. The van der Waals surface area contributed by atoms with Crippen molar-refractivity contribution in [3.8, 4) is 0 Å². The lowest BCUT2D eigenvalue weighted by atomic mass is 10.1. The molecule has 0 radical (unpaired) electrons. The third kappa shape index (κ3) is 4.58. The van der Waals surface area contributed by atoms with Crippen LogP contribution in [0.15, 0.2) is 42.4 Å². The predicted octanol–water partition coefficient (Wildman–Crippen LogP) is 1.36. The van der Waals surface area contributed by atoms with Crippen LogP contribution in [0.4, 0.5) is 23.4 Å². The molecule has 3 aliphatic rings. The molecule has 4 rings (SSSR count). The first-order valence-corrected chi connectivity index (χ1v) is 9.95. The van der Waals surface area contributed by atoms with Crippen molar-refractivity contribution in [2.75, 3.05) is 31.1 Å². The fourth-order valence-electron chi connectivity index (χ4n) is 3.67. The zero-order valence-electron chi connectivity index (χ0n) is 16.8. The highest BCUT2D eigenvalue weighted by Gasteiger charge is 2.35. The fraction of sp³-hybridized carbons (Fsp3) is 0.400. The van der Waals surface area contributed by atoms with Crippen molar-refractivity contribution in [2.24, 2.45) is 0 Å². The molecule has 2 N–H and O–H groups in total. The van der Waals surface area contributed by atoms with E-state index in [1.807, 2.05) is 17.5 Å².